The van der Waals surface area contributed by atoms with E-state index in [1.54, 1.807) is 18.2 Å². The molecule has 0 bridgehead atoms. The van der Waals surface area contributed by atoms with E-state index in [0.717, 1.165) is 45.8 Å². The minimum atomic E-state index is -0.995. The lowest BCUT2D eigenvalue weighted by atomic mass is 9.98. The second-order valence-corrected chi connectivity index (χ2v) is 7.79. The second kappa shape index (κ2) is 7.92. The molecule has 2 aromatic heterocycles. The Morgan fingerprint density at radius 1 is 1.10 bits per heavy atom. The van der Waals surface area contributed by atoms with Gasteiger partial charge in [0.05, 0.1) is 12.1 Å². The van der Waals surface area contributed by atoms with Gasteiger partial charge in [0.2, 0.25) is 0 Å². The van der Waals surface area contributed by atoms with Crippen LogP contribution in [0.25, 0.3) is 22.3 Å². The van der Waals surface area contributed by atoms with Gasteiger partial charge in [0, 0.05) is 22.7 Å². The number of aryl methyl sites for hydroxylation is 3. The summed E-state index contributed by atoms with van der Waals surface area (Å²) in [5.74, 6) is 0.000377. The number of benzene rings is 2. The fourth-order valence-corrected chi connectivity index (χ4v) is 4.12. The number of pyridine rings is 1. The van der Waals surface area contributed by atoms with E-state index in [1.165, 1.54) is 0 Å². The highest BCUT2D eigenvalue weighted by molar-refractivity contribution is 6.34. The minimum absolute atomic E-state index is 0.194. The summed E-state index contributed by atoms with van der Waals surface area (Å²) in [7, 11) is 0. The van der Waals surface area contributed by atoms with Gasteiger partial charge in [-0.25, -0.2) is 14.8 Å². The molecule has 0 aliphatic carbocycles. The Morgan fingerprint density at radius 2 is 1.83 bits per heavy atom. The monoisotopic (exact) mass is 419 g/mol. The molecule has 30 heavy (non-hydrogen) atoms. The lowest BCUT2D eigenvalue weighted by Gasteiger charge is -2.11. The predicted octanol–water partition coefficient (Wildman–Crippen LogP) is 5.68. The number of hydrogen-bond acceptors (Lipinski definition) is 3. The van der Waals surface area contributed by atoms with Gasteiger partial charge in [0.1, 0.15) is 11.3 Å². The first-order chi connectivity index (χ1) is 14.4. The van der Waals surface area contributed by atoms with Crippen LogP contribution in [0.5, 0.6) is 0 Å². The van der Waals surface area contributed by atoms with Crippen molar-refractivity contribution in [2.45, 2.75) is 33.7 Å². The maximum Gasteiger partial charge on any atom is 0.336 e. The quantitative estimate of drug-likeness (QED) is 0.452. The average Bonchev–Trinajstić information content (AvgIpc) is 3.06. The SMILES string of the molecule is CCc1nc2c(C)cc(C)nc2n1Cc1ccc(-c2c(Cl)cccc2C(=O)O)cc1. The first-order valence-electron chi connectivity index (χ1n) is 9.83. The lowest BCUT2D eigenvalue weighted by Crippen LogP contribution is -2.06. The second-order valence-electron chi connectivity index (χ2n) is 7.38. The molecule has 0 saturated carbocycles. The van der Waals surface area contributed by atoms with Crippen molar-refractivity contribution in [1.82, 2.24) is 14.5 Å². The average molecular weight is 420 g/mol. The smallest absolute Gasteiger partial charge is 0.336 e. The molecule has 2 heterocycles. The highest BCUT2D eigenvalue weighted by atomic mass is 35.5. The Balaban J connectivity index is 1.73. The number of hydrogen-bond donors (Lipinski definition) is 1. The van der Waals surface area contributed by atoms with Crippen molar-refractivity contribution < 1.29 is 9.90 Å². The van der Waals surface area contributed by atoms with Gasteiger partial charge in [0.15, 0.2) is 5.65 Å². The number of carboxylic acid groups (broad SMARTS) is 1. The van der Waals surface area contributed by atoms with Gasteiger partial charge < -0.3 is 9.67 Å². The van der Waals surface area contributed by atoms with E-state index < -0.39 is 5.97 Å². The van der Waals surface area contributed by atoms with Gasteiger partial charge in [-0.05, 0) is 48.7 Å². The molecule has 5 nitrogen and oxygen atoms in total. The number of imidazole rings is 1. The van der Waals surface area contributed by atoms with Crippen LogP contribution in [0.15, 0.2) is 48.5 Å². The first kappa shape index (κ1) is 20.1. The van der Waals surface area contributed by atoms with Crippen LogP contribution in [0.3, 0.4) is 0 Å². The molecule has 0 spiro atoms. The van der Waals surface area contributed by atoms with Crippen molar-refractivity contribution in [2.75, 3.05) is 0 Å². The Hall–Kier alpha value is -3.18. The molecule has 0 saturated heterocycles. The van der Waals surface area contributed by atoms with E-state index in [-0.39, 0.29) is 5.56 Å². The highest BCUT2D eigenvalue weighted by Gasteiger charge is 2.16. The molecular weight excluding hydrogens is 398 g/mol. The maximum atomic E-state index is 11.6. The molecule has 4 rings (SSSR count). The van der Waals surface area contributed by atoms with Gasteiger partial charge in [0.25, 0.3) is 0 Å². The summed E-state index contributed by atoms with van der Waals surface area (Å²) >= 11 is 6.31. The molecule has 0 radical (unpaired) electrons. The number of fused-ring (bicyclic) bond motifs is 1. The van der Waals surface area contributed by atoms with Crippen molar-refractivity contribution >= 4 is 28.7 Å². The van der Waals surface area contributed by atoms with E-state index in [9.17, 15) is 9.90 Å². The van der Waals surface area contributed by atoms with E-state index in [1.807, 2.05) is 31.2 Å². The van der Waals surface area contributed by atoms with Crippen LogP contribution < -0.4 is 0 Å². The number of aromatic carboxylic acids is 1. The molecule has 2 aromatic carbocycles. The van der Waals surface area contributed by atoms with E-state index in [4.69, 9.17) is 21.6 Å². The third kappa shape index (κ3) is 3.57. The van der Waals surface area contributed by atoms with Crippen LogP contribution in [0.2, 0.25) is 5.02 Å². The number of carbonyl (C=O) groups is 1. The molecule has 0 atom stereocenters. The Bertz CT molecular complexity index is 1260. The van der Waals surface area contributed by atoms with E-state index in [2.05, 4.69) is 24.5 Å². The van der Waals surface area contributed by atoms with Crippen molar-refractivity contribution in [3.63, 3.8) is 0 Å². The van der Waals surface area contributed by atoms with Gasteiger partial charge in [-0.1, -0.05) is 48.9 Å². The van der Waals surface area contributed by atoms with Crippen molar-refractivity contribution in [2.24, 2.45) is 0 Å². The zero-order chi connectivity index (χ0) is 21.4. The van der Waals surface area contributed by atoms with Crippen LogP contribution in [0, 0.1) is 13.8 Å². The Morgan fingerprint density at radius 3 is 2.50 bits per heavy atom. The largest absolute Gasteiger partial charge is 0.478 e. The number of aromatic nitrogens is 3. The Labute approximate surface area is 180 Å². The topological polar surface area (TPSA) is 68.0 Å². The molecule has 1 N–H and O–H groups in total. The first-order valence-corrected chi connectivity index (χ1v) is 10.2. The molecule has 0 aliphatic heterocycles. The van der Waals surface area contributed by atoms with Crippen molar-refractivity contribution in [3.8, 4) is 11.1 Å². The lowest BCUT2D eigenvalue weighted by molar-refractivity contribution is 0.0697. The zero-order valence-corrected chi connectivity index (χ0v) is 17.9. The van der Waals surface area contributed by atoms with Crippen LogP contribution >= 0.6 is 11.6 Å². The molecule has 0 unspecified atom stereocenters. The summed E-state index contributed by atoms with van der Waals surface area (Å²) in [6.07, 6.45) is 0.814. The minimum Gasteiger partial charge on any atom is -0.478 e. The number of nitrogens with zero attached hydrogens (tertiary/aromatic N) is 3. The fraction of sp³-hybridized carbons (Fsp3) is 0.208. The van der Waals surface area contributed by atoms with Gasteiger partial charge in [-0.2, -0.15) is 0 Å². The molecule has 152 valence electrons. The molecular formula is C24H22ClN3O2. The van der Waals surface area contributed by atoms with E-state index in [0.29, 0.717) is 17.1 Å². The highest BCUT2D eigenvalue weighted by Crippen LogP contribution is 2.32. The molecule has 0 aliphatic rings. The summed E-state index contributed by atoms with van der Waals surface area (Å²) in [5, 5.41) is 9.93. The number of rotatable bonds is 5. The van der Waals surface area contributed by atoms with Crippen LogP contribution in [0.1, 0.15) is 39.9 Å². The molecule has 0 fully saturated rings. The zero-order valence-electron chi connectivity index (χ0n) is 17.1. The third-order valence-corrected chi connectivity index (χ3v) is 5.56. The molecule has 6 heteroatoms. The van der Waals surface area contributed by atoms with Crippen molar-refractivity contribution in [1.29, 1.82) is 0 Å². The Kier molecular flexibility index (Phi) is 5.31. The van der Waals surface area contributed by atoms with Crippen LogP contribution in [-0.2, 0) is 13.0 Å². The fourth-order valence-electron chi connectivity index (χ4n) is 3.84. The van der Waals surface area contributed by atoms with E-state index >= 15 is 0 Å². The summed E-state index contributed by atoms with van der Waals surface area (Å²) in [6.45, 7) is 6.79. The summed E-state index contributed by atoms with van der Waals surface area (Å²) in [5.41, 5.74) is 6.52. The van der Waals surface area contributed by atoms with Gasteiger partial charge in [-0.3, -0.25) is 0 Å². The summed E-state index contributed by atoms with van der Waals surface area (Å²) in [4.78, 5) is 21.1. The molecule has 0 amide bonds. The number of halogens is 1. The summed E-state index contributed by atoms with van der Waals surface area (Å²) in [6, 6.07) is 14.8. The van der Waals surface area contributed by atoms with Crippen molar-refractivity contribution in [3.05, 3.63) is 81.8 Å². The van der Waals surface area contributed by atoms with Gasteiger partial charge >= 0.3 is 5.97 Å². The third-order valence-electron chi connectivity index (χ3n) is 5.24. The van der Waals surface area contributed by atoms with Gasteiger partial charge in [-0.15, -0.1) is 0 Å². The molecule has 4 aromatic rings. The maximum absolute atomic E-state index is 11.6. The van der Waals surface area contributed by atoms with Crippen LogP contribution in [-0.4, -0.2) is 25.6 Å². The number of carboxylic acids is 1. The summed E-state index contributed by atoms with van der Waals surface area (Å²) < 4.78 is 2.16. The van der Waals surface area contributed by atoms with Crippen LogP contribution in [0.4, 0.5) is 0 Å². The predicted molar refractivity (Wildman–Crippen MR) is 119 cm³/mol. The normalized spacial score (nSPS) is 11.2. The standard InChI is InChI=1S/C24H22ClN3O2/c1-4-20-27-22-14(2)12-15(3)26-23(22)28(20)13-16-8-10-17(11-9-16)21-18(24(29)30)6-5-7-19(21)25/h5-12H,4,13H2,1-3H3,(H,29,30).